The monoisotopic (exact) mass is 292 g/mol. The molecule has 0 spiro atoms. The SMILES string of the molecule is CC(C)c1c(Cl)cc(S(=O)(=O)O)cc1Cl.[H-].[Na+]. The third-order valence-electron chi connectivity index (χ3n) is 1.93. The smallest absolute Gasteiger partial charge is 1.00 e. The van der Waals surface area contributed by atoms with Gasteiger partial charge in [0.15, 0.2) is 0 Å². The molecular formula is C9H11Cl2NaO3S. The molecule has 0 fully saturated rings. The summed E-state index contributed by atoms with van der Waals surface area (Å²) in [7, 11) is -4.26. The maximum atomic E-state index is 10.9. The van der Waals surface area contributed by atoms with Gasteiger partial charge in [-0.05, 0) is 23.6 Å². The van der Waals surface area contributed by atoms with Gasteiger partial charge in [-0.25, -0.2) is 0 Å². The number of hydrogen-bond acceptors (Lipinski definition) is 2. The van der Waals surface area contributed by atoms with Crippen LogP contribution >= 0.6 is 23.2 Å². The van der Waals surface area contributed by atoms with E-state index >= 15 is 0 Å². The standard InChI is InChI=1S/C9H10Cl2O3S.Na.H/c1-5(2)9-7(10)3-6(4-8(9)11)15(12,13)14;;/h3-5H,1-2H3,(H,12,13,14);;/q;+1;-1. The van der Waals surface area contributed by atoms with E-state index in [1.807, 2.05) is 13.8 Å². The topological polar surface area (TPSA) is 54.4 Å². The van der Waals surface area contributed by atoms with Crippen LogP contribution in [0.25, 0.3) is 0 Å². The first-order valence-electron chi connectivity index (χ1n) is 4.20. The summed E-state index contributed by atoms with van der Waals surface area (Å²) in [4.78, 5) is -0.290. The minimum absolute atomic E-state index is 0. The third kappa shape index (κ3) is 3.88. The molecule has 0 aliphatic carbocycles. The fourth-order valence-corrected chi connectivity index (χ4v) is 2.85. The Balaban J connectivity index is 0. The van der Waals surface area contributed by atoms with Crippen LogP contribution in [0.15, 0.2) is 17.0 Å². The van der Waals surface area contributed by atoms with Gasteiger partial charge in [0.25, 0.3) is 10.1 Å². The zero-order valence-corrected chi connectivity index (χ0v) is 13.5. The van der Waals surface area contributed by atoms with E-state index in [2.05, 4.69) is 0 Å². The van der Waals surface area contributed by atoms with Gasteiger partial charge >= 0.3 is 29.6 Å². The van der Waals surface area contributed by atoms with Crippen LogP contribution < -0.4 is 29.6 Å². The maximum absolute atomic E-state index is 10.9. The summed E-state index contributed by atoms with van der Waals surface area (Å²) in [5, 5.41) is 0.482. The van der Waals surface area contributed by atoms with Crippen LogP contribution in [0.2, 0.25) is 10.0 Å². The summed E-state index contributed by atoms with van der Waals surface area (Å²) in [5.41, 5.74) is 0.672. The van der Waals surface area contributed by atoms with Crippen molar-refractivity contribution in [2.75, 3.05) is 0 Å². The number of rotatable bonds is 2. The Hall–Kier alpha value is 0.710. The second-order valence-corrected chi connectivity index (χ2v) is 5.67. The molecule has 0 bridgehead atoms. The van der Waals surface area contributed by atoms with E-state index in [1.165, 1.54) is 12.1 Å². The van der Waals surface area contributed by atoms with Crippen molar-refractivity contribution in [1.29, 1.82) is 0 Å². The van der Waals surface area contributed by atoms with Gasteiger partial charge in [0.05, 0.1) is 4.90 Å². The molecule has 0 aliphatic heterocycles. The molecule has 16 heavy (non-hydrogen) atoms. The van der Waals surface area contributed by atoms with Gasteiger partial charge in [-0.2, -0.15) is 8.42 Å². The summed E-state index contributed by atoms with van der Waals surface area (Å²) < 4.78 is 30.5. The maximum Gasteiger partial charge on any atom is 1.00 e. The van der Waals surface area contributed by atoms with Crippen molar-refractivity contribution >= 4 is 33.3 Å². The zero-order valence-electron chi connectivity index (χ0n) is 10.2. The van der Waals surface area contributed by atoms with Crippen LogP contribution in [-0.2, 0) is 10.1 Å². The molecule has 0 aliphatic rings. The van der Waals surface area contributed by atoms with E-state index in [4.69, 9.17) is 27.8 Å². The van der Waals surface area contributed by atoms with E-state index < -0.39 is 10.1 Å². The molecule has 0 amide bonds. The van der Waals surface area contributed by atoms with Gasteiger partial charge < -0.3 is 1.43 Å². The van der Waals surface area contributed by atoms with Gasteiger partial charge in [-0.1, -0.05) is 37.0 Å². The summed E-state index contributed by atoms with van der Waals surface area (Å²) in [5.74, 6) is 0.0837. The first-order chi connectivity index (χ1) is 6.73. The molecule has 0 saturated heterocycles. The van der Waals surface area contributed by atoms with Crippen molar-refractivity contribution in [2.45, 2.75) is 24.7 Å². The van der Waals surface area contributed by atoms with Gasteiger partial charge in [0, 0.05) is 10.0 Å². The second-order valence-electron chi connectivity index (χ2n) is 3.43. The van der Waals surface area contributed by atoms with Crippen molar-refractivity contribution in [2.24, 2.45) is 0 Å². The van der Waals surface area contributed by atoms with Crippen LogP contribution in [0.5, 0.6) is 0 Å². The number of hydrogen-bond donors (Lipinski definition) is 1. The predicted molar refractivity (Wildman–Crippen MR) is 61.5 cm³/mol. The Morgan fingerprint density at radius 1 is 1.25 bits per heavy atom. The molecular weight excluding hydrogens is 282 g/mol. The first-order valence-corrected chi connectivity index (χ1v) is 6.39. The average molecular weight is 293 g/mol. The summed E-state index contributed by atoms with van der Waals surface area (Å²) in [6.45, 7) is 3.78. The quantitative estimate of drug-likeness (QED) is 0.637. The van der Waals surface area contributed by atoms with Crippen molar-refractivity contribution < 1.29 is 44.0 Å². The molecule has 3 nitrogen and oxygen atoms in total. The Bertz CT molecular complexity index is 468. The van der Waals surface area contributed by atoms with Gasteiger partial charge in [-0.3, -0.25) is 4.55 Å². The van der Waals surface area contributed by atoms with Crippen LogP contribution in [0.4, 0.5) is 0 Å². The van der Waals surface area contributed by atoms with E-state index in [1.54, 1.807) is 0 Å². The molecule has 1 rings (SSSR count). The van der Waals surface area contributed by atoms with Crippen molar-refractivity contribution in [3.05, 3.63) is 27.7 Å². The molecule has 0 radical (unpaired) electrons. The Morgan fingerprint density at radius 2 is 1.62 bits per heavy atom. The summed E-state index contributed by atoms with van der Waals surface area (Å²) in [6, 6.07) is 2.39. The molecule has 0 atom stereocenters. The average Bonchev–Trinajstić information content (AvgIpc) is 1.99. The van der Waals surface area contributed by atoms with Crippen LogP contribution in [-0.4, -0.2) is 13.0 Å². The summed E-state index contributed by atoms with van der Waals surface area (Å²) in [6.07, 6.45) is 0. The van der Waals surface area contributed by atoms with E-state index in [-0.39, 0.29) is 51.8 Å². The van der Waals surface area contributed by atoms with Gasteiger partial charge in [0.1, 0.15) is 0 Å². The molecule has 0 heterocycles. The minimum Gasteiger partial charge on any atom is -1.00 e. The zero-order chi connectivity index (χ0) is 11.8. The van der Waals surface area contributed by atoms with Gasteiger partial charge in [-0.15, -0.1) is 0 Å². The number of benzene rings is 1. The first kappa shape index (κ1) is 16.7. The minimum atomic E-state index is -4.26. The molecule has 7 heteroatoms. The molecule has 0 unspecified atom stereocenters. The molecule has 1 aromatic carbocycles. The predicted octanol–water partition coefficient (Wildman–Crippen LogP) is 0.480. The molecule has 86 valence electrons. The summed E-state index contributed by atoms with van der Waals surface area (Å²) >= 11 is 11.8. The van der Waals surface area contributed by atoms with Crippen LogP contribution in [0.1, 0.15) is 26.8 Å². The van der Waals surface area contributed by atoms with E-state index in [0.717, 1.165) is 0 Å². The second kappa shape index (κ2) is 6.05. The van der Waals surface area contributed by atoms with Crippen molar-refractivity contribution in [3.63, 3.8) is 0 Å². The van der Waals surface area contributed by atoms with Crippen LogP contribution in [0.3, 0.4) is 0 Å². The van der Waals surface area contributed by atoms with Crippen molar-refractivity contribution in [3.8, 4) is 0 Å². The Kier molecular flexibility index (Phi) is 6.32. The molecule has 1 aromatic rings. The fraction of sp³-hybridized carbons (Fsp3) is 0.333. The Labute approximate surface area is 129 Å². The largest absolute Gasteiger partial charge is 1.00 e. The normalized spacial score (nSPS) is 11.4. The fourth-order valence-electron chi connectivity index (χ4n) is 1.26. The molecule has 0 aromatic heterocycles. The van der Waals surface area contributed by atoms with Gasteiger partial charge in [0.2, 0.25) is 0 Å². The molecule has 0 saturated carbocycles. The molecule has 1 N–H and O–H groups in total. The van der Waals surface area contributed by atoms with E-state index in [9.17, 15) is 8.42 Å². The van der Waals surface area contributed by atoms with Crippen molar-refractivity contribution in [1.82, 2.24) is 0 Å². The van der Waals surface area contributed by atoms with E-state index in [0.29, 0.717) is 5.56 Å². The van der Waals surface area contributed by atoms with Crippen LogP contribution in [0, 0.1) is 0 Å². The Morgan fingerprint density at radius 3 is 1.88 bits per heavy atom. The number of halogens is 2. The third-order valence-corrected chi connectivity index (χ3v) is 3.38.